The predicted octanol–water partition coefficient (Wildman–Crippen LogP) is 2.01. The highest BCUT2D eigenvalue weighted by Gasteiger charge is 2.41. The van der Waals surface area contributed by atoms with E-state index in [-0.39, 0.29) is 23.9 Å². The minimum absolute atomic E-state index is 0.0644. The third-order valence-corrected chi connectivity index (χ3v) is 5.60. The molecule has 2 bridgehead atoms. The highest BCUT2D eigenvalue weighted by Crippen LogP contribution is 2.31. The van der Waals surface area contributed by atoms with E-state index in [9.17, 15) is 13.9 Å². The van der Waals surface area contributed by atoms with Gasteiger partial charge in [0.1, 0.15) is 17.6 Å². The molecule has 4 heterocycles. The molecule has 1 fully saturated rings. The number of phenols is 1. The summed E-state index contributed by atoms with van der Waals surface area (Å²) in [5.41, 5.74) is 1.29. The number of alkyl halides is 1. The second-order valence-electron chi connectivity index (χ2n) is 7.49. The number of halogens is 2. The van der Waals surface area contributed by atoms with Crippen LogP contribution in [0.5, 0.6) is 5.75 Å². The smallest absolute Gasteiger partial charge is 0.245 e. The number of aromatic nitrogens is 5. The average Bonchev–Trinajstić information content (AvgIpc) is 3.37. The van der Waals surface area contributed by atoms with Crippen LogP contribution in [0.25, 0.3) is 16.9 Å². The zero-order valence-electron chi connectivity index (χ0n) is 16.0. The Balaban J connectivity index is 1.36. The maximum Gasteiger partial charge on any atom is 0.245 e. The van der Waals surface area contributed by atoms with Crippen molar-refractivity contribution >= 4 is 5.95 Å². The largest absolute Gasteiger partial charge is 0.507 e. The van der Waals surface area contributed by atoms with Crippen LogP contribution in [0.15, 0.2) is 48.9 Å². The molecule has 8 nitrogen and oxygen atoms in total. The molecule has 30 heavy (non-hydrogen) atoms. The molecule has 3 aromatic rings. The van der Waals surface area contributed by atoms with Crippen molar-refractivity contribution in [3.8, 4) is 22.7 Å². The molecule has 0 unspecified atom stereocenters. The van der Waals surface area contributed by atoms with Crippen molar-refractivity contribution in [2.45, 2.75) is 30.7 Å². The van der Waals surface area contributed by atoms with Gasteiger partial charge in [-0.25, -0.2) is 18.4 Å². The van der Waals surface area contributed by atoms with Gasteiger partial charge in [0.25, 0.3) is 0 Å². The van der Waals surface area contributed by atoms with Gasteiger partial charge in [-0.05, 0) is 18.6 Å². The summed E-state index contributed by atoms with van der Waals surface area (Å²) < 4.78 is 29.2. The van der Waals surface area contributed by atoms with E-state index in [0.29, 0.717) is 29.3 Å². The van der Waals surface area contributed by atoms with Crippen molar-refractivity contribution in [2.24, 2.45) is 0 Å². The summed E-state index contributed by atoms with van der Waals surface area (Å²) >= 11 is 0. The van der Waals surface area contributed by atoms with E-state index in [4.69, 9.17) is 0 Å². The minimum Gasteiger partial charge on any atom is -0.507 e. The molecule has 0 spiro atoms. The predicted molar refractivity (Wildman–Crippen MR) is 106 cm³/mol. The molecule has 1 aromatic carbocycles. The highest BCUT2D eigenvalue weighted by molar-refractivity contribution is 5.68. The topological polar surface area (TPSA) is 92.0 Å². The number of hydrogen-bond donors (Lipinski definition) is 2. The zero-order chi connectivity index (χ0) is 20.8. The number of rotatable bonds is 4. The van der Waals surface area contributed by atoms with Gasteiger partial charge in [-0.3, -0.25) is 0 Å². The highest BCUT2D eigenvalue weighted by atomic mass is 19.1. The summed E-state index contributed by atoms with van der Waals surface area (Å²) in [5.74, 6) is -0.220. The lowest BCUT2D eigenvalue weighted by Crippen LogP contribution is -2.56. The molecular formula is C20H19F2N7O. The van der Waals surface area contributed by atoms with Gasteiger partial charge >= 0.3 is 0 Å². The maximum atomic E-state index is 14.8. The number of nitrogens with one attached hydrogen (secondary N) is 1. The molecule has 1 saturated heterocycles. The van der Waals surface area contributed by atoms with E-state index in [1.807, 2.05) is 12.2 Å². The monoisotopic (exact) mass is 411 g/mol. The molecule has 2 aliphatic rings. The van der Waals surface area contributed by atoms with Gasteiger partial charge < -0.3 is 15.3 Å². The van der Waals surface area contributed by atoms with Crippen molar-refractivity contribution in [3.05, 3.63) is 54.8 Å². The summed E-state index contributed by atoms with van der Waals surface area (Å²) in [5, 5.41) is 25.8. The third-order valence-electron chi connectivity index (χ3n) is 5.60. The summed E-state index contributed by atoms with van der Waals surface area (Å²) in [4.78, 5) is 6.04. The Labute approximate surface area is 170 Å². The summed E-state index contributed by atoms with van der Waals surface area (Å²) in [7, 11) is 1.76. The van der Waals surface area contributed by atoms with Crippen LogP contribution in [-0.4, -0.2) is 61.4 Å². The lowest BCUT2D eigenvalue weighted by Gasteiger charge is -2.38. The van der Waals surface area contributed by atoms with Crippen LogP contribution in [0.3, 0.4) is 0 Å². The van der Waals surface area contributed by atoms with Gasteiger partial charge in [0, 0.05) is 24.7 Å². The van der Waals surface area contributed by atoms with Crippen molar-refractivity contribution in [1.82, 2.24) is 30.3 Å². The quantitative estimate of drug-likeness (QED) is 0.635. The average molecular weight is 411 g/mol. The summed E-state index contributed by atoms with van der Waals surface area (Å²) in [6, 6.07) is 4.27. The molecule has 2 N–H and O–H groups in total. The van der Waals surface area contributed by atoms with Gasteiger partial charge in [0.05, 0.1) is 36.4 Å². The van der Waals surface area contributed by atoms with Crippen molar-refractivity contribution in [3.63, 3.8) is 0 Å². The molecule has 10 heteroatoms. The molecule has 0 radical (unpaired) electrons. The lowest BCUT2D eigenvalue weighted by molar-refractivity contribution is 0.186. The first-order valence-corrected chi connectivity index (χ1v) is 9.54. The minimum atomic E-state index is -1.07. The van der Waals surface area contributed by atoms with Crippen LogP contribution in [0.4, 0.5) is 14.7 Å². The van der Waals surface area contributed by atoms with E-state index in [0.717, 1.165) is 6.20 Å². The number of hydrogen-bond acceptors (Lipinski definition) is 7. The number of aromatic hydroxyl groups is 1. The number of fused-ring (bicyclic) bond motifs is 2. The second-order valence-corrected chi connectivity index (χ2v) is 7.49. The van der Waals surface area contributed by atoms with Crippen LogP contribution in [0.2, 0.25) is 0 Å². The van der Waals surface area contributed by atoms with Crippen LogP contribution in [0.1, 0.15) is 6.42 Å². The number of anilines is 1. The first kappa shape index (κ1) is 18.6. The Morgan fingerprint density at radius 3 is 2.80 bits per heavy atom. The second kappa shape index (κ2) is 7.13. The Kier molecular flexibility index (Phi) is 4.43. The lowest BCUT2D eigenvalue weighted by atomic mass is 9.96. The van der Waals surface area contributed by atoms with Crippen LogP contribution in [-0.2, 0) is 0 Å². The fourth-order valence-corrected chi connectivity index (χ4v) is 3.98. The maximum absolute atomic E-state index is 14.8. The molecule has 2 aliphatic heterocycles. The standard InChI is InChI=1S/C20H19F2N7O/c1-28(17-6-12-2-5-15(25-12)19(17)22)20-23-9-16(26-27-20)14-4-3-13(7-18(14)30)29-10-11(21)8-24-29/h2-5,7-10,12,15,17,19,25,30H,6H2,1H3/t12-,15+,17-,19+/m0/s1. The Bertz CT molecular complexity index is 1100. The van der Waals surface area contributed by atoms with Crippen molar-refractivity contribution < 1.29 is 13.9 Å². The van der Waals surface area contributed by atoms with Crippen LogP contribution < -0.4 is 10.2 Å². The Hall–Kier alpha value is -3.40. The molecular weight excluding hydrogens is 392 g/mol. The van der Waals surface area contributed by atoms with Gasteiger partial charge in [0.15, 0.2) is 5.82 Å². The molecule has 0 amide bonds. The van der Waals surface area contributed by atoms with Crippen molar-refractivity contribution in [2.75, 3.05) is 11.9 Å². The van der Waals surface area contributed by atoms with Gasteiger partial charge in [-0.2, -0.15) is 5.10 Å². The molecule has 5 rings (SSSR count). The molecule has 0 saturated carbocycles. The number of benzene rings is 1. The van der Waals surface area contributed by atoms with E-state index < -0.39 is 12.0 Å². The Morgan fingerprint density at radius 2 is 2.10 bits per heavy atom. The SMILES string of the molecule is CN(c1ncc(-c2ccc(-n3cc(F)cn3)cc2O)nn1)[C@H]1C[C@@H]2C=C[C@@H](N2)[C@H]1F. The fraction of sp³-hybridized carbons (Fsp3) is 0.300. The zero-order valence-corrected chi connectivity index (χ0v) is 16.0. The van der Waals surface area contributed by atoms with E-state index in [1.54, 1.807) is 24.1 Å². The number of nitrogens with zero attached hydrogens (tertiary/aromatic N) is 6. The fourth-order valence-electron chi connectivity index (χ4n) is 3.98. The summed E-state index contributed by atoms with van der Waals surface area (Å²) in [6.07, 6.45) is 7.20. The van der Waals surface area contributed by atoms with Gasteiger partial charge in [-0.1, -0.05) is 12.2 Å². The molecule has 4 atom stereocenters. The summed E-state index contributed by atoms with van der Waals surface area (Å²) in [6.45, 7) is 0. The Morgan fingerprint density at radius 1 is 1.23 bits per heavy atom. The first-order chi connectivity index (χ1) is 14.5. The van der Waals surface area contributed by atoms with Crippen LogP contribution in [0, 0.1) is 5.82 Å². The molecule has 0 aliphatic carbocycles. The van der Waals surface area contributed by atoms with Gasteiger partial charge in [0.2, 0.25) is 5.95 Å². The third kappa shape index (κ3) is 3.18. The molecule has 154 valence electrons. The van der Waals surface area contributed by atoms with E-state index in [2.05, 4.69) is 25.6 Å². The number of piperidine rings is 1. The number of phenolic OH excluding ortho intramolecular Hbond substituents is 1. The first-order valence-electron chi connectivity index (χ1n) is 9.54. The van der Waals surface area contributed by atoms with Crippen molar-refractivity contribution in [1.29, 1.82) is 0 Å². The van der Waals surface area contributed by atoms with Crippen LogP contribution >= 0.6 is 0 Å². The van der Waals surface area contributed by atoms with Gasteiger partial charge in [-0.15, -0.1) is 10.2 Å². The van der Waals surface area contributed by atoms with E-state index >= 15 is 0 Å². The normalized spacial score (nSPS) is 24.9. The molecule has 2 aromatic heterocycles. The van der Waals surface area contributed by atoms with E-state index in [1.165, 1.54) is 23.1 Å².